The molecule has 3 N–H and O–H groups in total. The summed E-state index contributed by atoms with van der Waals surface area (Å²) in [5.41, 5.74) is 4.21. The van der Waals surface area contributed by atoms with Gasteiger partial charge in [0.1, 0.15) is 22.2 Å². The van der Waals surface area contributed by atoms with Crippen LogP contribution in [0.15, 0.2) is 23.5 Å². The van der Waals surface area contributed by atoms with E-state index in [0.717, 1.165) is 18.3 Å². The van der Waals surface area contributed by atoms with Crippen molar-refractivity contribution in [2.24, 2.45) is 5.73 Å². The Hall–Kier alpha value is -2.07. The molecule has 0 saturated heterocycles. The summed E-state index contributed by atoms with van der Waals surface area (Å²) >= 11 is 7.06. The molecule has 0 atom stereocenters. The van der Waals surface area contributed by atoms with Gasteiger partial charge in [0.25, 0.3) is 5.91 Å². The van der Waals surface area contributed by atoms with Gasteiger partial charge in [-0.1, -0.05) is 23.4 Å². The number of carbonyl (C=O) groups excluding carboxylic acids is 1. The highest BCUT2D eigenvalue weighted by atomic mass is 35.5. The van der Waals surface area contributed by atoms with E-state index < -0.39 is 17.8 Å². The Labute approximate surface area is 137 Å². The van der Waals surface area contributed by atoms with Gasteiger partial charge in [0, 0.05) is 0 Å². The van der Waals surface area contributed by atoms with Crippen LogP contribution in [0, 0.1) is 0 Å². The fourth-order valence-electron chi connectivity index (χ4n) is 1.59. The lowest BCUT2D eigenvalue weighted by Crippen LogP contribution is -2.16. The molecule has 0 aliphatic carbocycles. The third kappa shape index (κ3) is 4.02. The van der Waals surface area contributed by atoms with Crippen LogP contribution in [-0.2, 0) is 6.18 Å². The molecule has 0 unspecified atom stereocenters. The van der Waals surface area contributed by atoms with Crippen molar-refractivity contribution < 1.29 is 18.0 Å². The molecule has 6 nitrogen and oxygen atoms in total. The molecule has 0 fully saturated rings. The second kappa shape index (κ2) is 6.59. The van der Waals surface area contributed by atoms with Crippen LogP contribution in [-0.4, -0.2) is 27.1 Å². The Morgan fingerprint density at radius 2 is 2.04 bits per heavy atom. The number of alkyl halides is 3. The summed E-state index contributed by atoms with van der Waals surface area (Å²) < 4.78 is 37.4. The number of hydrogen-bond donors (Lipinski definition) is 2. The number of nitrogens with zero attached hydrogens (tertiary/aromatic N) is 3. The molecular weight excluding hydrogens is 355 g/mol. The van der Waals surface area contributed by atoms with Crippen LogP contribution in [0.3, 0.4) is 0 Å². The van der Waals surface area contributed by atoms with Gasteiger partial charge in [-0.05, 0) is 18.4 Å². The maximum atomic E-state index is 12.5. The van der Waals surface area contributed by atoms with Crippen LogP contribution >= 0.6 is 23.4 Å². The largest absolute Gasteiger partial charge is 0.433 e. The summed E-state index contributed by atoms with van der Waals surface area (Å²) in [5.74, 6) is -0.881. The second-order valence-corrected chi connectivity index (χ2v) is 5.28. The molecule has 0 aliphatic rings. The normalized spacial score (nSPS) is 11.3. The topological polar surface area (TPSA) is 93.8 Å². The van der Waals surface area contributed by atoms with E-state index in [1.165, 1.54) is 11.8 Å². The molecule has 2 aromatic rings. The van der Waals surface area contributed by atoms with Crippen molar-refractivity contribution in [2.45, 2.75) is 11.3 Å². The van der Waals surface area contributed by atoms with Crippen molar-refractivity contribution >= 4 is 40.8 Å². The second-order valence-electron chi connectivity index (χ2n) is 4.14. The third-order valence-electron chi connectivity index (χ3n) is 2.59. The first-order chi connectivity index (χ1) is 10.7. The van der Waals surface area contributed by atoms with Crippen LogP contribution in [0.5, 0.6) is 0 Å². The number of nitrogens with two attached hydrogens (primary N) is 1. The number of primary amides is 1. The number of pyridine rings is 1. The number of thioether (sulfide) groups is 1. The molecule has 0 aromatic carbocycles. The number of halogens is 4. The number of nitrogens with one attached hydrogen (secondary N) is 1. The summed E-state index contributed by atoms with van der Waals surface area (Å²) in [4.78, 5) is 22.7. The maximum Gasteiger partial charge on any atom is 0.433 e. The minimum absolute atomic E-state index is 0.0107. The molecule has 0 bridgehead atoms. The minimum Gasteiger partial charge on any atom is -0.365 e. The quantitative estimate of drug-likeness (QED) is 0.492. The van der Waals surface area contributed by atoms with Gasteiger partial charge in [0.2, 0.25) is 0 Å². The predicted molar refractivity (Wildman–Crippen MR) is 79.9 cm³/mol. The van der Waals surface area contributed by atoms with E-state index in [-0.39, 0.29) is 27.4 Å². The Bertz CT molecular complexity index is 739. The average molecular weight is 364 g/mol. The average Bonchev–Trinajstić information content (AvgIpc) is 2.45. The number of aromatic nitrogens is 3. The lowest BCUT2D eigenvalue weighted by molar-refractivity contribution is -0.141. The van der Waals surface area contributed by atoms with E-state index >= 15 is 0 Å². The van der Waals surface area contributed by atoms with Gasteiger partial charge in [0.05, 0.1) is 11.9 Å². The van der Waals surface area contributed by atoms with Crippen LogP contribution in [0.2, 0.25) is 5.15 Å². The third-order valence-corrected chi connectivity index (χ3v) is 3.41. The zero-order chi connectivity index (χ0) is 17.2. The Morgan fingerprint density at radius 1 is 1.35 bits per heavy atom. The maximum absolute atomic E-state index is 12.5. The molecule has 0 spiro atoms. The summed E-state index contributed by atoms with van der Waals surface area (Å²) in [6, 6.07) is 1.94. The molecule has 11 heteroatoms. The fraction of sp³-hybridized carbons (Fsp3) is 0.167. The first-order valence-electron chi connectivity index (χ1n) is 5.94. The zero-order valence-corrected chi connectivity index (χ0v) is 13.1. The highest BCUT2D eigenvalue weighted by Crippen LogP contribution is 2.29. The Kier molecular flexibility index (Phi) is 4.95. The first kappa shape index (κ1) is 17.3. The Balaban J connectivity index is 2.39. The van der Waals surface area contributed by atoms with Crippen molar-refractivity contribution in [3.63, 3.8) is 0 Å². The van der Waals surface area contributed by atoms with Crippen molar-refractivity contribution in [3.05, 3.63) is 34.7 Å². The van der Waals surface area contributed by atoms with E-state index in [4.69, 9.17) is 17.3 Å². The van der Waals surface area contributed by atoms with Crippen LogP contribution in [0.4, 0.5) is 24.7 Å². The van der Waals surface area contributed by atoms with Gasteiger partial charge in [-0.15, -0.1) is 0 Å². The van der Waals surface area contributed by atoms with Gasteiger partial charge in [0.15, 0.2) is 5.16 Å². The zero-order valence-electron chi connectivity index (χ0n) is 11.5. The molecular formula is C12H9ClF3N5OS. The smallest absolute Gasteiger partial charge is 0.365 e. The van der Waals surface area contributed by atoms with Gasteiger partial charge in [-0.3, -0.25) is 4.79 Å². The predicted octanol–water partition coefficient (Wildman–Crippen LogP) is 3.11. The highest BCUT2D eigenvalue weighted by molar-refractivity contribution is 7.98. The van der Waals surface area contributed by atoms with Crippen LogP contribution in [0.25, 0.3) is 0 Å². The molecule has 1 amide bonds. The summed E-state index contributed by atoms with van der Waals surface area (Å²) in [6.45, 7) is 0. The molecule has 0 aliphatic heterocycles. The van der Waals surface area contributed by atoms with Crippen LogP contribution < -0.4 is 11.1 Å². The van der Waals surface area contributed by atoms with E-state index in [2.05, 4.69) is 20.3 Å². The fourth-order valence-corrected chi connectivity index (χ4v) is 2.26. The highest BCUT2D eigenvalue weighted by Gasteiger charge is 2.32. The monoisotopic (exact) mass is 363 g/mol. The standard InChI is InChI=1S/C12H9ClF3N5OS/c1-23-11-20-8(13)7(9(17)22)10(21-11)19-5-2-3-6(18-4-5)12(14,15)16/h2-4H,1H3,(H2,17,22)(H,19,20,21). The Morgan fingerprint density at radius 3 is 2.52 bits per heavy atom. The number of carbonyl (C=O) groups is 1. The SMILES string of the molecule is CSc1nc(Cl)c(C(N)=O)c(Nc2ccc(C(F)(F)F)nc2)n1. The summed E-state index contributed by atoms with van der Waals surface area (Å²) in [5, 5.41) is 2.78. The molecule has 2 rings (SSSR count). The van der Waals surface area contributed by atoms with E-state index in [1.807, 2.05) is 0 Å². The summed E-state index contributed by atoms with van der Waals surface area (Å²) in [6.07, 6.45) is -1.89. The van der Waals surface area contributed by atoms with Crippen molar-refractivity contribution in [1.82, 2.24) is 15.0 Å². The number of hydrogen-bond acceptors (Lipinski definition) is 6. The molecule has 122 valence electrons. The molecule has 0 saturated carbocycles. The molecule has 23 heavy (non-hydrogen) atoms. The number of rotatable bonds is 4. The molecule has 2 heterocycles. The number of amides is 1. The number of anilines is 2. The van der Waals surface area contributed by atoms with Gasteiger partial charge < -0.3 is 11.1 Å². The van der Waals surface area contributed by atoms with Gasteiger partial charge in [-0.2, -0.15) is 13.2 Å². The van der Waals surface area contributed by atoms with E-state index in [9.17, 15) is 18.0 Å². The van der Waals surface area contributed by atoms with E-state index in [0.29, 0.717) is 0 Å². The lowest BCUT2D eigenvalue weighted by Gasteiger charge is -2.12. The van der Waals surface area contributed by atoms with Crippen molar-refractivity contribution in [3.8, 4) is 0 Å². The van der Waals surface area contributed by atoms with Gasteiger partial charge in [-0.25, -0.2) is 15.0 Å². The van der Waals surface area contributed by atoms with Crippen molar-refractivity contribution in [1.29, 1.82) is 0 Å². The lowest BCUT2D eigenvalue weighted by atomic mass is 10.2. The van der Waals surface area contributed by atoms with E-state index in [1.54, 1.807) is 6.26 Å². The molecule has 2 aromatic heterocycles. The first-order valence-corrected chi connectivity index (χ1v) is 7.54. The van der Waals surface area contributed by atoms with Gasteiger partial charge >= 0.3 is 6.18 Å². The molecule has 0 radical (unpaired) electrons. The van der Waals surface area contributed by atoms with Crippen molar-refractivity contribution in [2.75, 3.05) is 11.6 Å². The van der Waals surface area contributed by atoms with Crippen LogP contribution in [0.1, 0.15) is 16.1 Å². The minimum atomic E-state index is -4.54. The summed E-state index contributed by atoms with van der Waals surface area (Å²) in [7, 11) is 0.